The summed E-state index contributed by atoms with van der Waals surface area (Å²) in [5.74, 6) is -3.83. The van der Waals surface area contributed by atoms with Crippen LogP contribution in [-0.2, 0) is 24.7 Å². The molecule has 7 heterocycles. The molecule has 10 rings (SSSR count). The summed E-state index contributed by atoms with van der Waals surface area (Å²) in [7, 11) is 0. The van der Waals surface area contributed by atoms with Gasteiger partial charge in [-0.1, -0.05) is 30.4 Å². The Morgan fingerprint density at radius 1 is 0.571 bits per heavy atom. The van der Waals surface area contributed by atoms with E-state index < -0.39 is 99.1 Å². The van der Waals surface area contributed by atoms with Crippen molar-refractivity contribution < 1.29 is 67.1 Å². The Kier molecular flexibility index (Phi) is 10.0. The number of alkyl halides is 12. The molecule has 0 unspecified atom stereocenters. The minimum absolute atomic E-state index is 0.0229. The first-order valence-corrected chi connectivity index (χ1v) is 20.0. The van der Waals surface area contributed by atoms with E-state index >= 15 is 26.3 Å². The van der Waals surface area contributed by atoms with Crippen molar-refractivity contribution in [2.45, 2.75) is 24.7 Å². The Morgan fingerprint density at radius 2 is 1.13 bits per heavy atom. The highest BCUT2D eigenvalue weighted by molar-refractivity contribution is 7.81. The van der Waals surface area contributed by atoms with Crippen molar-refractivity contribution in [2.24, 2.45) is 0 Å². The third-order valence-corrected chi connectivity index (χ3v) is 11.3. The predicted molar refractivity (Wildman–Crippen MR) is 227 cm³/mol. The van der Waals surface area contributed by atoms with E-state index in [-0.39, 0.29) is 65.0 Å². The van der Waals surface area contributed by atoms with Gasteiger partial charge in [-0.15, -0.1) is 0 Å². The largest absolute Gasteiger partial charge is 0.434 e. The highest BCUT2D eigenvalue weighted by atomic mass is 32.1. The van der Waals surface area contributed by atoms with Gasteiger partial charge in [-0.3, -0.25) is 29.3 Å². The number of rotatable bonds is 7. The minimum atomic E-state index is -5.44. The van der Waals surface area contributed by atoms with Gasteiger partial charge >= 0.3 is 24.7 Å². The van der Waals surface area contributed by atoms with Crippen LogP contribution in [0.4, 0.5) is 75.4 Å². The summed E-state index contributed by atoms with van der Waals surface area (Å²) in [6.07, 6.45) is -17.4. The summed E-state index contributed by atoms with van der Waals surface area (Å²) >= 11 is 5.59. The van der Waals surface area contributed by atoms with Crippen LogP contribution in [0.1, 0.15) is 59.4 Å². The number of pyridine rings is 3. The van der Waals surface area contributed by atoms with Gasteiger partial charge < -0.3 is 21.3 Å². The molecular weight excluding hydrogens is 979 g/mol. The number of aromatic nitrogens is 7. The lowest BCUT2D eigenvalue weighted by atomic mass is 9.94. The highest BCUT2D eigenvalue weighted by Crippen LogP contribution is 2.49. The molecule has 0 aliphatic carbocycles. The van der Waals surface area contributed by atoms with Gasteiger partial charge in [0.25, 0.3) is 17.7 Å². The Bertz CT molecular complexity index is 3620. The van der Waals surface area contributed by atoms with Gasteiger partial charge in [0.2, 0.25) is 0 Å². The SMILES string of the molecule is O=C(Nc1ccnc(C(F)(F)F)c1)c1cnn(-c2cc(-c3ncc4c5c(ccc(-n6ncc(C(=O)Nc7ccnc(C(F)(F)F)c7)c6C(F)(F)F)c35)NC4=O)c3c4c(cccc24)C(=S)N3)c1C(F)(F)F. The molecule has 3 amide bonds. The number of hydrogen-bond donors (Lipinski definition) is 4. The zero-order valence-corrected chi connectivity index (χ0v) is 34.8. The third-order valence-electron chi connectivity index (χ3n) is 11.0. The van der Waals surface area contributed by atoms with E-state index in [4.69, 9.17) is 12.2 Å². The van der Waals surface area contributed by atoms with Crippen LogP contribution in [0, 0.1) is 0 Å². The molecule has 0 bridgehead atoms. The summed E-state index contributed by atoms with van der Waals surface area (Å²) in [5, 5.41) is 17.1. The highest BCUT2D eigenvalue weighted by Gasteiger charge is 2.44. The van der Waals surface area contributed by atoms with E-state index in [1.165, 1.54) is 24.3 Å². The number of nitrogens with one attached hydrogen (secondary N) is 4. The molecule has 0 radical (unpaired) electrons. The normalized spacial score (nSPS) is 13.5. The number of thiocarbonyl (C=S) groups is 1. The minimum Gasteiger partial charge on any atom is -0.345 e. The molecule has 5 aromatic heterocycles. The number of amides is 3. The fourth-order valence-electron chi connectivity index (χ4n) is 8.20. The molecular formula is C43H19F12N11O3S. The Balaban J connectivity index is 1.18. The van der Waals surface area contributed by atoms with Crippen molar-refractivity contribution in [2.75, 3.05) is 21.3 Å². The third kappa shape index (κ3) is 7.44. The number of nitrogens with zero attached hydrogens (tertiary/aromatic N) is 7. The summed E-state index contributed by atoms with van der Waals surface area (Å²) < 4.78 is 173. The summed E-state index contributed by atoms with van der Waals surface area (Å²) in [6.45, 7) is 0. The Morgan fingerprint density at radius 3 is 1.67 bits per heavy atom. The van der Waals surface area contributed by atoms with Crippen molar-refractivity contribution >= 4 is 79.2 Å². The summed E-state index contributed by atoms with van der Waals surface area (Å²) in [6, 6.07) is 10.3. The number of halogens is 12. The first-order chi connectivity index (χ1) is 32.9. The van der Waals surface area contributed by atoms with E-state index in [0.717, 1.165) is 30.5 Å². The van der Waals surface area contributed by atoms with Gasteiger partial charge in [-0.2, -0.15) is 62.9 Å². The van der Waals surface area contributed by atoms with Crippen molar-refractivity contribution in [3.05, 3.63) is 137 Å². The van der Waals surface area contributed by atoms with E-state index in [1.54, 1.807) is 0 Å². The molecule has 0 saturated heterocycles. The van der Waals surface area contributed by atoms with E-state index in [2.05, 4.69) is 35.8 Å². The zero-order valence-electron chi connectivity index (χ0n) is 34.0. The van der Waals surface area contributed by atoms with Crippen molar-refractivity contribution in [3.63, 3.8) is 0 Å². The first-order valence-electron chi connectivity index (χ1n) is 19.6. The molecule has 354 valence electrons. The summed E-state index contributed by atoms with van der Waals surface area (Å²) in [5.41, 5.74) is -11.0. The molecule has 2 aliphatic heterocycles. The van der Waals surface area contributed by atoms with Crippen LogP contribution >= 0.6 is 12.2 Å². The number of carbonyl (C=O) groups is 3. The lowest BCUT2D eigenvalue weighted by Crippen LogP contribution is -2.21. The molecule has 0 saturated carbocycles. The van der Waals surface area contributed by atoms with Crippen molar-refractivity contribution in [3.8, 4) is 22.6 Å². The molecule has 0 spiro atoms. The van der Waals surface area contributed by atoms with Crippen molar-refractivity contribution in [1.29, 1.82) is 0 Å². The first kappa shape index (κ1) is 45.3. The van der Waals surface area contributed by atoms with Gasteiger partial charge in [0.1, 0.15) is 16.4 Å². The fraction of sp³-hybridized carbons (Fsp3) is 0.0930. The number of hydrogen-bond acceptors (Lipinski definition) is 9. The standard InChI is InChI=1S/C43H19F12N11O3S/c44-40(45,46)27-10-16(6-8-56-27)61-37(68)22-14-59-65(34(22)42(50,51)52)25-5-4-24-30-21(36(67)63-24)13-58-32(31(25)30)20-12-26(18-2-1-3-19-29(18)33(20)64-39(19)70)66-35(43(53,54)55)23(15-60-66)38(69)62-17-7-9-57-28(11-17)41(47,48)49/h1-15H,(H,63,67)(H,64,70)(H,56,61,68)(H,57,62,69). The second kappa shape index (κ2) is 15.5. The Hall–Kier alpha value is -8.49. The molecule has 0 atom stereocenters. The number of carbonyl (C=O) groups excluding carboxylic acids is 3. The van der Waals surface area contributed by atoms with E-state index in [9.17, 15) is 40.7 Å². The molecule has 14 nitrogen and oxygen atoms in total. The van der Waals surface area contributed by atoms with Gasteiger partial charge in [-0.25, -0.2) is 9.36 Å². The smallest absolute Gasteiger partial charge is 0.345 e. The molecule has 8 aromatic rings. The van der Waals surface area contributed by atoms with Crippen LogP contribution in [0.3, 0.4) is 0 Å². The van der Waals surface area contributed by atoms with Crippen molar-refractivity contribution in [1.82, 2.24) is 34.5 Å². The van der Waals surface area contributed by atoms with Crippen LogP contribution in [0.25, 0.3) is 44.2 Å². The van der Waals surface area contributed by atoms with Crippen LogP contribution in [0.15, 0.2) is 91.6 Å². The maximum Gasteiger partial charge on any atom is 0.434 e. The molecule has 27 heteroatoms. The fourth-order valence-corrected chi connectivity index (χ4v) is 8.47. The van der Waals surface area contributed by atoms with Crippen LogP contribution < -0.4 is 21.3 Å². The van der Waals surface area contributed by atoms with Crippen LogP contribution in [0.5, 0.6) is 0 Å². The zero-order chi connectivity index (χ0) is 50.0. The molecule has 2 aliphatic rings. The van der Waals surface area contributed by atoms with Gasteiger partial charge in [0, 0.05) is 68.3 Å². The van der Waals surface area contributed by atoms with Gasteiger partial charge in [-0.05, 0) is 42.5 Å². The lowest BCUT2D eigenvalue weighted by Gasteiger charge is -2.19. The Labute approximate surface area is 385 Å². The lowest BCUT2D eigenvalue weighted by molar-refractivity contribution is -0.143. The molecule has 3 aromatic carbocycles. The molecule has 0 fully saturated rings. The van der Waals surface area contributed by atoms with E-state index in [0.29, 0.717) is 41.6 Å². The molecule has 70 heavy (non-hydrogen) atoms. The average Bonchev–Trinajstić information content (AvgIpc) is 4.08. The second-order valence-corrected chi connectivity index (χ2v) is 15.7. The van der Waals surface area contributed by atoms with E-state index in [1.807, 2.05) is 10.6 Å². The topological polar surface area (TPSA) is 174 Å². The summed E-state index contributed by atoms with van der Waals surface area (Å²) in [4.78, 5) is 51.1. The van der Waals surface area contributed by atoms with Gasteiger partial charge in [0.05, 0.1) is 51.8 Å². The quantitative estimate of drug-likeness (QED) is 0.0889. The monoisotopic (exact) mass is 997 g/mol. The van der Waals surface area contributed by atoms with Crippen LogP contribution in [-0.4, -0.2) is 57.2 Å². The molecule has 4 N–H and O–H groups in total. The van der Waals surface area contributed by atoms with Crippen LogP contribution in [0.2, 0.25) is 0 Å². The second-order valence-electron chi connectivity index (χ2n) is 15.3. The number of anilines is 4. The maximum absolute atomic E-state index is 15.3. The average molecular weight is 998 g/mol. The maximum atomic E-state index is 15.3. The predicted octanol–water partition coefficient (Wildman–Crippen LogP) is 10.5. The number of benzene rings is 3. The van der Waals surface area contributed by atoms with Gasteiger partial charge in [0.15, 0.2) is 11.4 Å².